The number of nitrogens with zero attached hydrogens (tertiary/aromatic N) is 3. The van der Waals surface area contributed by atoms with Gasteiger partial charge in [-0.15, -0.1) is 0 Å². The zero-order valence-electron chi connectivity index (χ0n) is 21.4. The molecule has 1 aliphatic rings. The van der Waals surface area contributed by atoms with Gasteiger partial charge in [-0.2, -0.15) is 0 Å². The van der Waals surface area contributed by atoms with Crippen LogP contribution in [0, 0.1) is 0 Å². The lowest BCUT2D eigenvalue weighted by molar-refractivity contribution is 0.129. The Balaban J connectivity index is 1.80. The summed E-state index contributed by atoms with van der Waals surface area (Å²) >= 11 is 3.56. The first kappa shape index (κ1) is 25.8. The molecule has 1 aromatic heterocycles. The highest BCUT2D eigenvalue weighted by Gasteiger charge is 2.31. The van der Waals surface area contributed by atoms with Gasteiger partial charge in [0.1, 0.15) is 5.82 Å². The number of aromatic nitrogens is 2. The summed E-state index contributed by atoms with van der Waals surface area (Å²) in [6, 6.07) is 18.8. The van der Waals surface area contributed by atoms with Crippen molar-refractivity contribution in [1.29, 1.82) is 0 Å². The van der Waals surface area contributed by atoms with Crippen LogP contribution in [0.4, 0.5) is 0 Å². The molecule has 4 rings (SSSR count). The zero-order chi connectivity index (χ0) is 25.0. The number of benzene rings is 2. The Bertz CT molecular complexity index is 1190. The highest BCUT2D eigenvalue weighted by Crippen LogP contribution is 2.29. The average Bonchev–Trinajstić information content (AvgIpc) is 3.33. The normalized spacial score (nSPS) is 14.3. The van der Waals surface area contributed by atoms with Crippen molar-refractivity contribution >= 4 is 15.9 Å². The molecule has 0 spiro atoms. The van der Waals surface area contributed by atoms with Crippen LogP contribution >= 0.6 is 15.9 Å². The van der Waals surface area contributed by atoms with Gasteiger partial charge in [0.2, 0.25) is 0 Å². The van der Waals surface area contributed by atoms with Gasteiger partial charge in [-0.25, -0.2) is 4.98 Å². The van der Waals surface area contributed by atoms with E-state index in [1.807, 2.05) is 29.8 Å². The first-order chi connectivity index (χ1) is 16.8. The van der Waals surface area contributed by atoms with Gasteiger partial charge in [0.15, 0.2) is 0 Å². The van der Waals surface area contributed by atoms with Crippen LogP contribution in [0.5, 0.6) is 0 Å². The van der Waals surface area contributed by atoms with Crippen molar-refractivity contribution < 1.29 is 0 Å². The van der Waals surface area contributed by atoms with Gasteiger partial charge in [0, 0.05) is 28.7 Å². The summed E-state index contributed by atoms with van der Waals surface area (Å²) in [6.45, 7) is 8.82. The van der Waals surface area contributed by atoms with Crippen molar-refractivity contribution in [3.63, 3.8) is 0 Å². The molecule has 6 heteroatoms. The van der Waals surface area contributed by atoms with E-state index in [9.17, 15) is 4.79 Å². The van der Waals surface area contributed by atoms with E-state index in [0.29, 0.717) is 6.54 Å². The molecule has 0 radical (unpaired) electrons. The quantitative estimate of drug-likeness (QED) is 0.372. The maximum absolute atomic E-state index is 13.8. The van der Waals surface area contributed by atoms with E-state index in [0.717, 1.165) is 65.9 Å². The lowest BCUT2D eigenvalue weighted by atomic mass is 10.0. The Morgan fingerprint density at radius 2 is 1.80 bits per heavy atom. The van der Waals surface area contributed by atoms with Gasteiger partial charge in [-0.05, 0) is 69.8 Å². The molecule has 35 heavy (non-hydrogen) atoms. The molecule has 0 aliphatic heterocycles. The van der Waals surface area contributed by atoms with E-state index < -0.39 is 0 Å². The van der Waals surface area contributed by atoms with Gasteiger partial charge >= 0.3 is 0 Å². The molecule has 1 aliphatic carbocycles. The number of likely N-dealkylation sites (N-methyl/N-ethyl adjacent to an activating group) is 1. The molecule has 0 fully saturated rings. The van der Waals surface area contributed by atoms with Crippen molar-refractivity contribution in [2.24, 2.45) is 0 Å². The fraction of sp³-hybridized carbons (Fsp3) is 0.448. The summed E-state index contributed by atoms with van der Waals surface area (Å²) in [5.41, 5.74) is 4.33. The molecule has 1 N–H and O–H groups in total. The Kier molecular flexibility index (Phi) is 8.25. The molecular weight excluding hydrogens is 500 g/mol. The van der Waals surface area contributed by atoms with Gasteiger partial charge in [0.05, 0.1) is 18.3 Å². The van der Waals surface area contributed by atoms with Crippen LogP contribution in [0.1, 0.15) is 67.9 Å². The minimum absolute atomic E-state index is 0.0218. The second-order valence-corrected chi connectivity index (χ2v) is 11.1. The lowest BCUT2D eigenvalue weighted by Crippen LogP contribution is -2.49. The topological polar surface area (TPSA) is 50.2 Å². The smallest absolute Gasteiger partial charge is 0.257 e. The number of rotatable bonds is 10. The third-order valence-corrected chi connectivity index (χ3v) is 7.63. The fourth-order valence-electron chi connectivity index (χ4n) is 5.01. The van der Waals surface area contributed by atoms with Crippen molar-refractivity contribution in [1.82, 2.24) is 19.8 Å². The molecule has 186 valence electrons. The van der Waals surface area contributed by atoms with E-state index in [2.05, 4.69) is 83.3 Å². The van der Waals surface area contributed by atoms with Crippen molar-refractivity contribution in [3.05, 3.63) is 97.6 Å². The van der Waals surface area contributed by atoms with Gasteiger partial charge in [-0.3, -0.25) is 14.3 Å². The molecule has 1 unspecified atom stereocenters. The number of hydrogen-bond acceptors (Lipinski definition) is 4. The van der Waals surface area contributed by atoms with Crippen molar-refractivity contribution in [2.45, 2.75) is 71.1 Å². The number of hydrogen-bond donors (Lipinski definition) is 1. The van der Waals surface area contributed by atoms with Crippen LogP contribution in [-0.4, -0.2) is 33.6 Å². The molecule has 0 amide bonds. The van der Waals surface area contributed by atoms with E-state index in [4.69, 9.17) is 4.98 Å². The highest BCUT2D eigenvalue weighted by atomic mass is 79.9. The first-order valence-electron chi connectivity index (χ1n) is 12.6. The summed E-state index contributed by atoms with van der Waals surface area (Å²) in [5, 5.41) is 3.47. The number of halogens is 1. The molecule has 1 atom stereocenters. The Morgan fingerprint density at radius 1 is 1.09 bits per heavy atom. The minimum Gasteiger partial charge on any atom is -0.314 e. The second-order valence-electron chi connectivity index (χ2n) is 10.2. The molecule has 0 saturated carbocycles. The Morgan fingerprint density at radius 3 is 2.46 bits per heavy atom. The monoisotopic (exact) mass is 536 g/mol. The SMILES string of the molecule is CCC(c1nc2c(c(=O)n1Cc1ccccc1)CCC2)N(Cc1ccc(Br)cc1)CC(C)(C)NC. The summed E-state index contributed by atoms with van der Waals surface area (Å²) in [5.74, 6) is 0.894. The molecule has 0 saturated heterocycles. The molecular formula is C29H37BrN4O. The van der Waals surface area contributed by atoms with Gasteiger partial charge in [-0.1, -0.05) is 65.3 Å². The maximum atomic E-state index is 13.8. The van der Waals surface area contributed by atoms with Crippen LogP contribution in [-0.2, 0) is 25.9 Å². The van der Waals surface area contributed by atoms with Crippen LogP contribution in [0.25, 0.3) is 0 Å². The fourth-order valence-corrected chi connectivity index (χ4v) is 5.28. The molecule has 1 heterocycles. The van der Waals surface area contributed by atoms with E-state index >= 15 is 0 Å². The maximum Gasteiger partial charge on any atom is 0.257 e. The Hall–Kier alpha value is -2.28. The number of nitrogens with one attached hydrogen (secondary N) is 1. The summed E-state index contributed by atoms with van der Waals surface area (Å²) in [7, 11) is 2.01. The zero-order valence-corrected chi connectivity index (χ0v) is 22.9. The summed E-state index contributed by atoms with van der Waals surface area (Å²) < 4.78 is 3.03. The van der Waals surface area contributed by atoms with E-state index in [1.165, 1.54) is 5.56 Å². The van der Waals surface area contributed by atoms with Crippen LogP contribution in [0.15, 0.2) is 63.9 Å². The van der Waals surface area contributed by atoms with Gasteiger partial charge < -0.3 is 5.32 Å². The second kappa shape index (κ2) is 11.2. The van der Waals surface area contributed by atoms with Gasteiger partial charge in [0.25, 0.3) is 5.56 Å². The Labute approximate surface area is 217 Å². The summed E-state index contributed by atoms with van der Waals surface area (Å²) in [4.78, 5) is 21.5. The minimum atomic E-state index is -0.0932. The van der Waals surface area contributed by atoms with E-state index in [-0.39, 0.29) is 17.1 Å². The van der Waals surface area contributed by atoms with Crippen molar-refractivity contribution in [3.8, 4) is 0 Å². The predicted molar refractivity (Wildman–Crippen MR) is 147 cm³/mol. The van der Waals surface area contributed by atoms with Crippen LogP contribution in [0.3, 0.4) is 0 Å². The average molecular weight is 538 g/mol. The molecule has 2 aromatic carbocycles. The van der Waals surface area contributed by atoms with Crippen LogP contribution < -0.4 is 10.9 Å². The highest BCUT2D eigenvalue weighted by molar-refractivity contribution is 9.10. The summed E-state index contributed by atoms with van der Waals surface area (Å²) in [6.07, 6.45) is 3.62. The van der Waals surface area contributed by atoms with E-state index in [1.54, 1.807) is 0 Å². The molecule has 5 nitrogen and oxygen atoms in total. The molecule has 0 bridgehead atoms. The third-order valence-electron chi connectivity index (χ3n) is 7.10. The largest absolute Gasteiger partial charge is 0.314 e. The molecule has 3 aromatic rings. The predicted octanol–water partition coefficient (Wildman–Crippen LogP) is 5.49. The first-order valence-corrected chi connectivity index (χ1v) is 13.4. The third kappa shape index (κ3) is 6.11. The lowest BCUT2D eigenvalue weighted by Gasteiger charge is -2.38. The van der Waals surface area contributed by atoms with Crippen LogP contribution in [0.2, 0.25) is 0 Å². The van der Waals surface area contributed by atoms with Crippen molar-refractivity contribution in [2.75, 3.05) is 13.6 Å². The standard InChI is InChI=1S/C29H37BrN4O/c1-5-26(33(20-29(2,3)31-4)18-22-14-16-23(30)17-15-22)27-32-25-13-9-12-24(25)28(35)34(27)19-21-10-7-6-8-11-21/h6-8,10-11,14-17,26,31H,5,9,12-13,18-20H2,1-4H3. The number of aryl methyl sites for hydroxylation is 1. The number of fused-ring (bicyclic) bond motifs is 1.